The number of likely N-dealkylation sites (N-methyl/N-ethyl adjacent to an activating group) is 1. The fourth-order valence-electron chi connectivity index (χ4n) is 2.97. The van der Waals surface area contributed by atoms with Gasteiger partial charge in [-0.2, -0.15) is 0 Å². The van der Waals surface area contributed by atoms with Crippen LogP contribution < -0.4 is 15.8 Å². The maximum Gasteiger partial charge on any atom is 0.188 e. The second-order valence-corrected chi connectivity index (χ2v) is 6.04. The summed E-state index contributed by atoms with van der Waals surface area (Å²) in [7, 11) is 0. The van der Waals surface area contributed by atoms with Crippen molar-refractivity contribution in [1.82, 2.24) is 10.2 Å². The van der Waals surface area contributed by atoms with Gasteiger partial charge in [0.1, 0.15) is 5.75 Å². The van der Waals surface area contributed by atoms with E-state index in [4.69, 9.17) is 10.5 Å². The molecule has 0 amide bonds. The van der Waals surface area contributed by atoms with E-state index in [2.05, 4.69) is 35.1 Å². The van der Waals surface area contributed by atoms with Crippen LogP contribution in [0.15, 0.2) is 29.3 Å². The quantitative estimate of drug-likeness (QED) is 0.279. The van der Waals surface area contributed by atoms with Crippen LogP contribution in [0.5, 0.6) is 5.75 Å². The molecule has 0 aromatic heterocycles. The fraction of sp³-hybridized carbons (Fsp3) is 0.611. The number of ether oxygens (including phenoxy) is 1. The van der Waals surface area contributed by atoms with Crippen LogP contribution in [0.25, 0.3) is 0 Å². The van der Waals surface area contributed by atoms with Gasteiger partial charge in [-0.25, -0.2) is 0 Å². The van der Waals surface area contributed by atoms with Crippen molar-refractivity contribution in [2.75, 3.05) is 32.8 Å². The summed E-state index contributed by atoms with van der Waals surface area (Å²) in [6, 6.07) is 8.63. The molecule has 2 rings (SSSR count). The summed E-state index contributed by atoms with van der Waals surface area (Å²) in [4.78, 5) is 6.95. The van der Waals surface area contributed by atoms with Crippen LogP contribution in [-0.4, -0.2) is 49.7 Å². The van der Waals surface area contributed by atoms with Gasteiger partial charge in [0, 0.05) is 12.6 Å². The highest BCUT2D eigenvalue weighted by atomic mass is 127. The van der Waals surface area contributed by atoms with Crippen LogP contribution in [0.3, 0.4) is 0 Å². The summed E-state index contributed by atoms with van der Waals surface area (Å²) in [5.74, 6) is 1.50. The Labute approximate surface area is 163 Å². The predicted molar refractivity (Wildman–Crippen MR) is 111 cm³/mol. The highest BCUT2D eigenvalue weighted by molar-refractivity contribution is 14.0. The van der Waals surface area contributed by atoms with Gasteiger partial charge in [-0.1, -0.05) is 25.1 Å². The topological polar surface area (TPSA) is 62.9 Å². The maximum absolute atomic E-state index is 5.94. The molecule has 0 radical (unpaired) electrons. The Hall–Kier alpha value is -1.02. The predicted octanol–water partition coefficient (Wildman–Crippen LogP) is 2.77. The molecule has 1 aliphatic rings. The summed E-state index contributed by atoms with van der Waals surface area (Å²) >= 11 is 0. The van der Waals surface area contributed by atoms with Crippen LogP contribution in [-0.2, 0) is 0 Å². The largest absolute Gasteiger partial charge is 0.493 e. The van der Waals surface area contributed by atoms with Gasteiger partial charge < -0.3 is 15.8 Å². The van der Waals surface area contributed by atoms with Crippen molar-refractivity contribution >= 4 is 29.9 Å². The van der Waals surface area contributed by atoms with Crippen molar-refractivity contribution < 1.29 is 4.74 Å². The first-order valence-corrected chi connectivity index (χ1v) is 8.67. The standard InChI is InChI=1S/C18H30N4O.HI/c1-3-22-12-6-9-16(22)14-21-18(19)20-11-7-13-23-17-10-5-4-8-15(17)2;/h4-5,8,10,16H,3,6-7,9,11-14H2,1-2H3,(H3,19,20,21);1H. The third kappa shape index (κ3) is 6.84. The minimum atomic E-state index is 0. The number of nitrogens with two attached hydrogens (primary N) is 1. The Kier molecular flexibility index (Phi) is 10.1. The van der Waals surface area contributed by atoms with Crippen LogP contribution in [0.4, 0.5) is 0 Å². The van der Waals surface area contributed by atoms with Crippen LogP contribution in [0, 0.1) is 6.92 Å². The van der Waals surface area contributed by atoms with Crippen molar-refractivity contribution in [3.05, 3.63) is 29.8 Å². The molecule has 24 heavy (non-hydrogen) atoms. The zero-order valence-electron chi connectivity index (χ0n) is 14.8. The first-order valence-electron chi connectivity index (χ1n) is 8.67. The summed E-state index contributed by atoms with van der Waals surface area (Å²) in [5, 5.41) is 3.17. The van der Waals surface area contributed by atoms with Crippen molar-refractivity contribution in [2.45, 2.75) is 39.2 Å². The van der Waals surface area contributed by atoms with E-state index in [9.17, 15) is 0 Å². The Balaban J connectivity index is 0.00000288. The number of benzene rings is 1. The Morgan fingerprint density at radius 2 is 2.21 bits per heavy atom. The molecule has 136 valence electrons. The number of para-hydroxylation sites is 1. The number of rotatable bonds is 8. The minimum absolute atomic E-state index is 0. The van der Waals surface area contributed by atoms with Gasteiger partial charge in [0.15, 0.2) is 5.96 Å². The molecule has 0 saturated carbocycles. The number of likely N-dealkylation sites (tertiary alicyclic amines) is 1. The van der Waals surface area contributed by atoms with Gasteiger partial charge in [-0.05, 0) is 50.9 Å². The summed E-state index contributed by atoms with van der Waals surface area (Å²) in [6.45, 7) is 8.82. The number of hydrogen-bond acceptors (Lipinski definition) is 3. The second-order valence-electron chi connectivity index (χ2n) is 6.04. The monoisotopic (exact) mass is 446 g/mol. The highest BCUT2D eigenvalue weighted by Gasteiger charge is 2.22. The zero-order valence-corrected chi connectivity index (χ0v) is 17.2. The van der Waals surface area contributed by atoms with E-state index in [0.29, 0.717) is 18.6 Å². The van der Waals surface area contributed by atoms with E-state index < -0.39 is 0 Å². The molecule has 1 heterocycles. The van der Waals surface area contributed by atoms with Crippen LogP contribution in [0.2, 0.25) is 0 Å². The first-order chi connectivity index (χ1) is 11.2. The molecule has 1 fully saturated rings. The first kappa shape index (κ1) is 21.0. The number of nitrogens with zero attached hydrogens (tertiary/aromatic N) is 2. The molecule has 1 aromatic rings. The molecule has 0 bridgehead atoms. The van der Waals surface area contributed by atoms with E-state index in [1.165, 1.54) is 24.9 Å². The Bertz CT molecular complexity index is 510. The van der Waals surface area contributed by atoms with Gasteiger partial charge in [0.05, 0.1) is 13.2 Å². The van der Waals surface area contributed by atoms with Crippen molar-refractivity contribution in [1.29, 1.82) is 0 Å². The molecule has 1 aliphatic heterocycles. The van der Waals surface area contributed by atoms with Gasteiger partial charge in [-0.3, -0.25) is 9.89 Å². The number of guanidine groups is 1. The minimum Gasteiger partial charge on any atom is -0.493 e. The van der Waals surface area contributed by atoms with Crippen LogP contribution >= 0.6 is 24.0 Å². The third-order valence-electron chi connectivity index (χ3n) is 4.36. The number of aliphatic imine (C=N–C) groups is 1. The molecular weight excluding hydrogens is 415 g/mol. The van der Waals surface area contributed by atoms with E-state index in [1.54, 1.807) is 0 Å². The Morgan fingerprint density at radius 3 is 2.96 bits per heavy atom. The molecule has 0 aliphatic carbocycles. The molecule has 1 unspecified atom stereocenters. The van der Waals surface area contributed by atoms with Gasteiger partial charge in [0.25, 0.3) is 0 Å². The maximum atomic E-state index is 5.94. The summed E-state index contributed by atoms with van der Waals surface area (Å²) < 4.78 is 5.76. The number of hydrogen-bond donors (Lipinski definition) is 2. The smallest absolute Gasteiger partial charge is 0.188 e. The van der Waals surface area contributed by atoms with E-state index in [1.807, 2.05) is 18.2 Å². The van der Waals surface area contributed by atoms with Gasteiger partial charge >= 0.3 is 0 Å². The summed E-state index contributed by atoms with van der Waals surface area (Å²) in [6.07, 6.45) is 3.40. The van der Waals surface area contributed by atoms with E-state index in [-0.39, 0.29) is 24.0 Å². The lowest BCUT2D eigenvalue weighted by molar-refractivity contribution is 0.273. The normalized spacial score (nSPS) is 18.2. The van der Waals surface area contributed by atoms with E-state index >= 15 is 0 Å². The number of halogens is 1. The van der Waals surface area contributed by atoms with Gasteiger partial charge in [-0.15, -0.1) is 24.0 Å². The second kappa shape index (κ2) is 11.5. The van der Waals surface area contributed by atoms with Crippen molar-refractivity contribution in [3.63, 3.8) is 0 Å². The molecule has 6 heteroatoms. The highest BCUT2D eigenvalue weighted by Crippen LogP contribution is 2.17. The van der Waals surface area contributed by atoms with E-state index in [0.717, 1.165) is 31.8 Å². The molecule has 0 spiro atoms. The molecular formula is C18H31IN4O. The van der Waals surface area contributed by atoms with Crippen LogP contribution in [0.1, 0.15) is 31.7 Å². The van der Waals surface area contributed by atoms with Crippen molar-refractivity contribution in [3.8, 4) is 5.75 Å². The molecule has 3 N–H and O–H groups in total. The Morgan fingerprint density at radius 1 is 1.42 bits per heavy atom. The zero-order chi connectivity index (χ0) is 16.5. The van der Waals surface area contributed by atoms with Gasteiger partial charge in [0.2, 0.25) is 0 Å². The number of nitrogens with one attached hydrogen (secondary N) is 1. The molecule has 5 nitrogen and oxygen atoms in total. The lowest BCUT2D eigenvalue weighted by Gasteiger charge is -2.20. The SMILES string of the molecule is CCN1CCCC1CN=C(N)NCCCOc1ccccc1C.I. The molecule has 1 saturated heterocycles. The lowest BCUT2D eigenvalue weighted by atomic mass is 10.2. The molecule has 1 aromatic carbocycles. The molecule has 1 atom stereocenters. The average Bonchev–Trinajstić information content (AvgIpc) is 3.02. The fourth-order valence-corrected chi connectivity index (χ4v) is 2.97. The van der Waals surface area contributed by atoms with Crippen molar-refractivity contribution in [2.24, 2.45) is 10.7 Å². The number of aryl methyl sites for hydroxylation is 1. The third-order valence-corrected chi connectivity index (χ3v) is 4.36. The summed E-state index contributed by atoms with van der Waals surface area (Å²) in [5.41, 5.74) is 7.10. The average molecular weight is 446 g/mol. The lowest BCUT2D eigenvalue weighted by Crippen LogP contribution is -2.36.